The van der Waals surface area contributed by atoms with Crippen molar-refractivity contribution in [2.75, 3.05) is 7.11 Å². The van der Waals surface area contributed by atoms with Gasteiger partial charge in [-0.05, 0) is 60.0 Å². The van der Waals surface area contributed by atoms with Gasteiger partial charge in [0.05, 0.1) is 13.3 Å². The predicted octanol–water partition coefficient (Wildman–Crippen LogP) is 6.14. The van der Waals surface area contributed by atoms with Crippen LogP contribution in [-0.4, -0.2) is 31.2 Å². The van der Waals surface area contributed by atoms with Crippen LogP contribution in [0, 0.1) is 5.92 Å². The zero-order chi connectivity index (χ0) is 26.9. The molecule has 0 saturated carbocycles. The van der Waals surface area contributed by atoms with Crippen LogP contribution in [-0.2, 0) is 11.4 Å². The van der Waals surface area contributed by atoms with Gasteiger partial charge in [-0.1, -0.05) is 60.8 Å². The van der Waals surface area contributed by atoms with Crippen molar-refractivity contribution in [1.82, 2.24) is 10.7 Å². The fourth-order valence-corrected chi connectivity index (χ4v) is 3.96. The van der Waals surface area contributed by atoms with E-state index in [1.807, 2.05) is 13.8 Å². The van der Waals surface area contributed by atoms with Gasteiger partial charge in [-0.15, -0.1) is 0 Å². The van der Waals surface area contributed by atoms with Crippen molar-refractivity contribution in [2.45, 2.75) is 26.5 Å². The highest BCUT2D eigenvalue weighted by Crippen LogP contribution is 2.30. The molecule has 194 valence electrons. The topological polar surface area (TPSA) is 89.0 Å². The van der Waals surface area contributed by atoms with Crippen LogP contribution in [0.5, 0.6) is 11.5 Å². The molecule has 0 aliphatic rings. The van der Waals surface area contributed by atoms with Gasteiger partial charge in [-0.2, -0.15) is 5.10 Å². The Balaban J connectivity index is 1.62. The van der Waals surface area contributed by atoms with Crippen molar-refractivity contribution in [2.24, 2.45) is 11.0 Å². The number of nitrogens with zero attached hydrogens (tertiary/aromatic N) is 1. The van der Waals surface area contributed by atoms with Crippen molar-refractivity contribution in [3.05, 3.63) is 92.4 Å². The fraction of sp³-hybridized carbons (Fsp3) is 0.222. The summed E-state index contributed by atoms with van der Waals surface area (Å²) >= 11 is 18.1. The van der Waals surface area contributed by atoms with Gasteiger partial charge < -0.3 is 14.8 Å². The molecule has 0 saturated heterocycles. The molecule has 0 aliphatic heterocycles. The van der Waals surface area contributed by atoms with E-state index in [0.717, 1.165) is 5.56 Å². The molecule has 3 rings (SSSR count). The second kappa shape index (κ2) is 13.3. The summed E-state index contributed by atoms with van der Waals surface area (Å²) in [5.41, 5.74) is 4.29. The zero-order valence-corrected chi connectivity index (χ0v) is 22.7. The van der Waals surface area contributed by atoms with Gasteiger partial charge in [0.2, 0.25) is 0 Å². The van der Waals surface area contributed by atoms with Gasteiger partial charge in [0, 0.05) is 26.2 Å². The summed E-state index contributed by atoms with van der Waals surface area (Å²) in [6.07, 6.45) is 1.47. The predicted molar refractivity (Wildman–Crippen MR) is 147 cm³/mol. The first-order valence-corrected chi connectivity index (χ1v) is 12.5. The first-order chi connectivity index (χ1) is 17.7. The number of hydrazone groups is 1. The summed E-state index contributed by atoms with van der Waals surface area (Å²) in [4.78, 5) is 25.3. The summed E-state index contributed by atoms with van der Waals surface area (Å²) in [5.74, 6) is -0.0366. The summed E-state index contributed by atoms with van der Waals surface area (Å²) in [6.45, 7) is 3.88. The van der Waals surface area contributed by atoms with Crippen molar-refractivity contribution in [1.29, 1.82) is 0 Å². The SMILES string of the molecule is COc1cc(C=NNC(=O)C(NC(=O)c2cccc(Cl)c2)C(C)C)ccc1OCc1ccc(Cl)cc1Cl. The summed E-state index contributed by atoms with van der Waals surface area (Å²) in [6, 6.07) is 16.1. The lowest BCUT2D eigenvalue weighted by Gasteiger charge is -2.20. The number of benzene rings is 3. The van der Waals surface area contributed by atoms with Gasteiger partial charge in [0.1, 0.15) is 12.6 Å². The number of ether oxygens (including phenoxy) is 2. The molecule has 1 unspecified atom stereocenters. The highest BCUT2D eigenvalue weighted by atomic mass is 35.5. The van der Waals surface area contributed by atoms with E-state index >= 15 is 0 Å². The Hall–Kier alpha value is -3.26. The molecular weight excluding hydrogens is 537 g/mol. The molecule has 1 atom stereocenters. The van der Waals surface area contributed by atoms with Crippen LogP contribution in [0.4, 0.5) is 0 Å². The normalized spacial score (nSPS) is 11.9. The molecule has 2 amide bonds. The lowest BCUT2D eigenvalue weighted by atomic mass is 10.0. The first kappa shape index (κ1) is 28.3. The second-order valence-corrected chi connectivity index (χ2v) is 9.65. The lowest BCUT2D eigenvalue weighted by Crippen LogP contribution is -2.48. The molecule has 0 heterocycles. The quantitative estimate of drug-likeness (QED) is 0.229. The van der Waals surface area contributed by atoms with Crippen LogP contribution in [0.15, 0.2) is 65.8 Å². The van der Waals surface area contributed by atoms with E-state index in [2.05, 4.69) is 15.8 Å². The van der Waals surface area contributed by atoms with E-state index in [1.54, 1.807) is 54.6 Å². The molecule has 10 heteroatoms. The van der Waals surface area contributed by atoms with Crippen LogP contribution < -0.4 is 20.2 Å². The third kappa shape index (κ3) is 8.12. The fourth-order valence-electron chi connectivity index (χ4n) is 3.31. The maximum atomic E-state index is 12.7. The zero-order valence-electron chi connectivity index (χ0n) is 20.4. The summed E-state index contributed by atoms with van der Waals surface area (Å²) in [5, 5.41) is 8.26. The minimum Gasteiger partial charge on any atom is -0.493 e. The smallest absolute Gasteiger partial charge is 0.262 e. The maximum absolute atomic E-state index is 12.7. The summed E-state index contributed by atoms with van der Waals surface area (Å²) in [7, 11) is 1.52. The van der Waals surface area contributed by atoms with Crippen LogP contribution in [0.3, 0.4) is 0 Å². The molecule has 0 aliphatic carbocycles. The van der Waals surface area contributed by atoms with E-state index < -0.39 is 17.9 Å². The molecule has 0 aromatic heterocycles. The van der Waals surface area contributed by atoms with Crippen molar-refractivity contribution in [3.8, 4) is 11.5 Å². The van der Waals surface area contributed by atoms with Gasteiger partial charge in [0.15, 0.2) is 11.5 Å². The Kier molecular flexibility index (Phi) is 10.2. The van der Waals surface area contributed by atoms with Gasteiger partial charge in [-0.3, -0.25) is 9.59 Å². The van der Waals surface area contributed by atoms with Crippen molar-refractivity contribution in [3.63, 3.8) is 0 Å². The Morgan fingerprint density at radius 3 is 2.41 bits per heavy atom. The minimum atomic E-state index is -0.798. The van der Waals surface area contributed by atoms with Crippen molar-refractivity contribution >= 4 is 52.8 Å². The number of methoxy groups -OCH3 is 1. The average Bonchev–Trinajstić information content (AvgIpc) is 2.86. The molecule has 0 radical (unpaired) electrons. The number of carbonyl (C=O) groups excluding carboxylic acids is 2. The Bertz CT molecular complexity index is 1300. The molecule has 0 fully saturated rings. The third-order valence-electron chi connectivity index (χ3n) is 5.30. The molecular formula is C27H26Cl3N3O4. The largest absolute Gasteiger partial charge is 0.493 e. The van der Waals surface area contributed by atoms with E-state index in [4.69, 9.17) is 44.3 Å². The minimum absolute atomic E-state index is 0.177. The average molecular weight is 563 g/mol. The van der Waals surface area contributed by atoms with Crippen LogP contribution >= 0.6 is 34.8 Å². The number of hydrogen-bond donors (Lipinski definition) is 2. The molecule has 3 aromatic rings. The molecule has 0 spiro atoms. The van der Waals surface area contributed by atoms with Gasteiger partial charge in [-0.25, -0.2) is 5.43 Å². The molecule has 37 heavy (non-hydrogen) atoms. The molecule has 7 nitrogen and oxygen atoms in total. The van der Waals surface area contributed by atoms with Crippen molar-refractivity contribution < 1.29 is 19.1 Å². The number of hydrogen-bond acceptors (Lipinski definition) is 5. The highest BCUT2D eigenvalue weighted by molar-refractivity contribution is 6.35. The molecule has 2 N–H and O–H groups in total. The number of halogens is 3. The van der Waals surface area contributed by atoms with Gasteiger partial charge >= 0.3 is 0 Å². The standard InChI is InChI=1S/C27H26Cl3N3O4/c1-16(2)25(32-26(34)18-5-4-6-20(28)12-18)27(35)33-31-14-17-7-10-23(24(11-17)36-3)37-15-19-8-9-21(29)13-22(19)30/h4-14,16,25H,15H2,1-3H3,(H,32,34)(H,33,35). The second-order valence-electron chi connectivity index (χ2n) is 8.37. The van der Waals surface area contributed by atoms with E-state index in [1.165, 1.54) is 19.4 Å². The number of nitrogens with one attached hydrogen (secondary N) is 2. The summed E-state index contributed by atoms with van der Waals surface area (Å²) < 4.78 is 11.3. The highest BCUT2D eigenvalue weighted by Gasteiger charge is 2.24. The van der Waals surface area contributed by atoms with E-state index in [9.17, 15) is 9.59 Å². The Labute approximate surface area is 230 Å². The number of carbonyl (C=O) groups is 2. The first-order valence-electron chi connectivity index (χ1n) is 11.3. The lowest BCUT2D eigenvalue weighted by molar-refractivity contribution is -0.123. The molecule has 3 aromatic carbocycles. The van der Waals surface area contributed by atoms with Crippen LogP contribution in [0.25, 0.3) is 0 Å². The van der Waals surface area contributed by atoms with Gasteiger partial charge in [0.25, 0.3) is 11.8 Å². The number of rotatable bonds is 10. The third-order valence-corrected chi connectivity index (χ3v) is 6.12. The van der Waals surface area contributed by atoms with Crippen LogP contribution in [0.2, 0.25) is 15.1 Å². The monoisotopic (exact) mass is 561 g/mol. The Morgan fingerprint density at radius 2 is 1.73 bits per heavy atom. The van der Waals surface area contributed by atoms with Crippen LogP contribution in [0.1, 0.15) is 35.3 Å². The number of amides is 2. The van der Waals surface area contributed by atoms with E-state index in [-0.39, 0.29) is 12.5 Å². The maximum Gasteiger partial charge on any atom is 0.262 e. The van der Waals surface area contributed by atoms with E-state index in [0.29, 0.717) is 37.7 Å². The molecule has 0 bridgehead atoms. The Morgan fingerprint density at radius 1 is 0.973 bits per heavy atom.